The van der Waals surface area contributed by atoms with Gasteiger partial charge in [-0.05, 0) is 61.6 Å². The number of esters is 1. The molecule has 0 unspecified atom stereocenters. The lowest BCUT2D eigenvalue weighted by molar-refractivity contribution is 0.0473. The second-order valence-electron chi connectivity index (χ2n) is 7.38. The second kappa shape index (κ2) is 7.26. The highest BCUT2D eigenvalue weighted by molar-refractivity contribution is 5.90. The third kappa shape index (κ3) is 3.18. The normalized spacial score (nSPS) is 12.8. The molecule has 0 saturated carbocycles. The van der Waals surface area contributed by atoms with Gasteiger partial charge in [-0.25, -0.2) is 19.3 Å². The average molecular weight is 401 g/mol. The highest BCUT2D eigenvalue weighted by Crippen LogP contribution is 2.29. The minimum Gasteiger partial charge on any atom is -0.457 e. The molecule has 0 saturated heterocycles. The van der Waals surface area contributed by atoms with Crippen LogP contribution in [0.3, 0.4) is 0 Å². The molecule has 7 heteroatoms. The lowest BCUT2D eigenvalue weighted by atomic mass is 10.0. The number of pyridine rings is 1. The van der Waals surface area contributed by atoms with Crippen LogP contribution >= 0.6 is 0 Å². The molecule has 0 bridgehead atoms. The van der Waals surface area contributed by atoms with Crippen molar-refractivity contribution in [1.29, 1.82) is 0 Å². The largest absolute Gasteiger partial charge is 0.457 e. The van der Waals surface area contributed by atoms with E-state index >= 15 is 0 Å². The number of rotatable bonds is 4. The van der Waals surface area contributed by atoms with Gasteiger partial charge in [0.05, 0.1) is 11.9 Å². The number of aryl methyl sites for hydroxylation is 2. The molecule has 0 amide bonds. The van der Waals surface area contributed by atoms with Crippen molar-refractivity contribution >= 4 is 16.9 Å². The van der Waals surface area contributed by atoms with Crippen molar-refractivity contribution in [2.24, 2.45) is 0 Å². The van der Waals surface area contributed by atoms with Crippen molar-refractivity contribution in [2.45, 2.75) is 32.8 Å². The van der Waals surface area contributed by atoms with E-state index in [1.165, 1.54) is 23.4 Å². The summed E-state index contributed by atoms with van der Waals surface area (Å²) in [5, 5.41) is 5.06. The molecule has 1 aromatic carbocycles. The van der Waals surface area contributed by atoms with Crippen LogP contribution in [0.4, 0.5) is 0 Å². The fraction of sp³-hybridized carbons (Fsp3) is 0.217. The molecule has 5 rings (SSSR count). The Hall–Kier alpha value is -3.74. The number of hydrogen-bond acceptors (Lipinski definition) is 6. The van der Waals surface area contributed by atoms with Gasteiger partial charge in [-0.15, -0.1) is 0 Å². The van der Waals surface area contributed by atoms with Crippen LogP contribution < -0.4 is 5.63 Å². The molecule has 0 radical (unpaired) electrons. The molecule has 0 aliphatic heterocycles. The van der Waals surface area contributed by atoms with E-state index < -0.39 is 11.6 Å². The molecule has 1 aliphatic rings. The summed E-state index contributed by atoms with van der Waals surface area (Å²) in [6, 6.07) is 10.8. The standard InChI is InChI=1S/C23H19N3O4/c1-14-19(12-25-26(14)21-7-2-3-8-24-21)23(28)29-13-17-11-22(27)30-20-10-16-6-4-5-15(16)9-18(17)20/h2-3,7-12H,4-6,13H2,1H3. The Labute approximate surface area is 171 Å². The van der Waals surface area contributed by atoms with Gasteiger partial charge in [-0.2, -0.15) is 5.10 Å². The third-order valence-corrected chi connectivity index (χ3v) is 5.50. The van der Waals surface area contributed by atoms with Crippen LogP contribution in [0.15, 0.2) is 58.0 Å². The van der Waals surface area contributed by atoms with Gasteiger partial charge in [0.15, 0.2) is 5.82 Å². The molecule has 0 fully saturated rings. The number of nitrogens with zero attached hydrogens (tertiary/aromatic N) is 3. The number of ether oxygens (including phenoxy) is 1. The summed E-state index contributed by atoms with van der Waals surface area (Å²) in [5.74, 6) is 0.117. The summed E-state index contributed by atoms with van der Waals surface area (Å²) in [5.41, 5.74) is 4.19. The van der Waals surface area contributed by atoms with E-state index in [0.717, 1.165) is 24.6 Å². The highest BCUT2D eigenvalue weighted by atomic mass is 16.5. The Morgan fingerprint density at radius 3 is 2.83 bits per heavy atom. The Kier molecular flexibility index (Phi) is 4.43. The summed E-state index contributed by atoms with van der Waals surface area (Å²) in [7, 11) is 0. The Morgan fingerprint density at radius 1 is 1.20 bits per heavy atom. The second-order valence-corrected chi connectivity index (χ2v) is 7.38. The number of fused-ring (bicyclic) bond motifs is 2. The fourth-order valence-corrected chi connectivity index (χ4v) is 3.96. The zero-order valence-electron chi connectivity index (χ0n) is 16.4. The van der Waals surface area contributed by atoms with Gasteiger partial charge in [0.25, 0.3) is 0 Å². The molecule has 3 aromatic heterocycles. The van der Waals surface area contributed by atoms with Crippen molar-refractivity contribution in [3.8, 4) is 5.82 Å². The van der Waals surface area contributed by atoms with E-state index in [1.54, 1.807) is 17.8 Å². The molecule has 0 atom stereocenters. The fourth-order valence-electron chi connectivity index (χ4n) is 3.96. The van der Waals surface area contributed by atoms with E-state index in [2.05, 4.69) is 10.1 Å². The van der Waals surface area contributed by atoms with Crippen LogP contribution in [0.1, 0.15) is 39.2 Å². The lowest BCUT2D eigenvalue weighted by Gasteiger charge is -2.09. The number of benzene rings is 1. The first-order chi connectivity index (χ1) is 14.6. The van der Waals surface area contributed by atoms with Gasteiger partial charge >= 0.3 is 11.6 Å². The smallest absolute Gasteiger partial charge is 0.341 e. The lowest BCUT2D eigenvalue weighted by Crippen LogP contribution is -2.09. The van der Waals surface area contributed by atoms with Crippen LogP contribution in [-0.2, 0) is 24.2 Å². The van der Waals surface area contributed by atoms with Crippen molar-refractivity contribution in [3.63, 3.8) is 0 Å². The molecular formula is C23H19N3O4. The summed E-state index contributed by atoms with van der Waals surface area (Å²) in [6.07, 6.45) is 6.23. The molecular weight excluding hydrogens is 382 g/mol. The highest BCUT2D eigenvalue weighted by Gasteiger charge is 2.19. The van der Waals surface area contributed by atoms with Crippen LogP contribution in [-0.4, -0.2) is 20.7 Å². The predicted molar refractivity (Wildman–Crippen MR) is 110 cm³/mol. The molecule has 7 nitrogen and oxygen atoms in total. The molecule has 3 heterocycles. The zero-order chi connectivity index (χ0) is 20.7. The molecule has 150 valence electrons. The van der Waals surface area contributed by atoms with Gasteiger partial charge < -0.3 is 9.15 Å². The van der Waals surface area contributed by atoms with Gasteiger partial charge in [0.1, 0.15) is 17.8 Å². The van der Waals surface area contributed by atoms with E-state index in [1.807, 2.05) is 30.3 Å². The van der Waals surface area contributed by atoms with Crippen molar-refractivity contribution in [1.82, 2.24) is 14.8 Å². The van der Waals surface area contributed by atoms with Gasteiger partial charge in [-0.3, -0.25) is 0 Å². The number of carbonyl (C=O) groups is 1. The Morgan fingerprint density at radius 2 is 2.03 bits per heavy atom. The minimum atomic E-state index is -0.503. The molecule has 30 heavy (non-hydrogen) atoms. The molecule has 1 aliphatic carbocycles. The predicted octanol–water partition coefficient (Wildman–Crippen LogP) is 3.53. The Balaban J connectivity index is 1.42. The number of aromatic nitrogens is 3. The number of carbonyl (C=O) groups excluding carboxylic acids is 1. The van der Waals surface area contributed by atoms with E-state index in [0.29, 0.717) is 28.2 Å². The summed E-state index contributed by atoms with van der Waals surface area (Å²) in [6.45, 7) is 1.77. The van der Waals surface area contributed by atoms with Gasteiger partial charge in [-0.1, -0.05) is 6.07 Å². The quantitative estimate of drug-likeness (QED) is 0.384. The zero-order valence-corrected chi connectivity index (χ0v) is 16.4. The number of hydrogen-bond donors (Lipinski definition) is 0. The molecule has 4 aromatic rings. The van der Waals surface area contributed by atoms with Gasteiger partial charge in [0, 0.05) is 23.2 Å². The van der Waals surface area contributed by atoms with Crippen molar-refractivity contribution in [3.05, 3.63) is 87.2 Å². The first kappa shape index (κ1) is 18.3. The Bertz CT molecular complexity index is 1320. The maximum absolute atomic E-state index is 12.7. The monoisotopic (exact) mass is 401 g/mol. The van der Waals surface area contributed by atoms with Crippen LogP contribution in [0.25, 0.3) is 16.8 Å². The SMILES string of the molecule is Cc1c(C(=O)OCc2cc(=O)oc3cc4c(cc23)CCC4)cnn1-c1ccccn1. The molecule has 0 spiro atoms. The van der Waals surface area contributed by atoms with E-state index in [9.17, 15) is 9.59 Å². The van der Waals surface area contributed by atoms with Crippen LogP contribution in [0, 0.1) is 6.92 Å². The average Bonchev–Trinajstić information content (AvgIpc) is 3.36. The first-order valence-electron chi connectivity index (χ1n) is 9.82. The maximum atomic E-state index is 12.7. The topological polar surface area (TPSA) is 87.2 Å². The summed E-state index contributed by atoms with van der Waals surface area (Å²) in [4.78, 5) is 29.0. The van der Waals surface area contributed by atoms with Crippen LogP contribution in [0.5, 0.6) is 0 Å². The van der Waals surface area contributed by atoms with E-state index in [4.69, 9.17) is 9.15 Å². The van der Waals surface area contributed by atoms with E-state index in [-0.39, 0.29) is 6.61 Å². The van der Waals surface area contributed by atoms with Crippen molar-refractivity contribution < 1.29 is 13.9 Å². The first-order valence-corrected chi connectivity index (χ1v) is 9.82. The minimum absolute atomic E-state index is 0.0199. The summed E-state index contributed by atoms with van der Waals surface area (Å²) >= 11 is 0. The molecule has 0 N–H and O–H groups in total. The maximum Gasteiger partial charge on any atom is 0.341 e. The summed E-state index contributed by atoms with van der Waals surface area (Å²) < 4.78 is 12.5. The third-order valence-electron chi connectivity index (χ3n) is 5.50. The van der Waals surface area contributed by atoms with Gasteiger partial charge in [0.2, 0.25) is 0 Å². The van der Waals surface area contributed by atoms with Crippen molar-refractivity contribution in [2.75, 3.05) is 0 Å². The van der Waals surface area contributed by atoms with Crippen LogP contribution in [0.2, 0.25) is 0 Å².